The standard InChI is InChI=1S/C15H19Cl2NO2/c1-15(20)6-8-18(9-7-15)14(19)5-3-11-2-4-12(16)10-13(11)17/h2,4,10,20H,3,5-9H2,1H3. The van der Waals surface area contributed by atoms with Crippen molar-refractivity contribution in [3.63, 3.8) is 0 Å². The average molecular weight is 316 g/mol. The molecule has 1 N–H and O–H groups in total. The number of aryl methyl sites for hydroxylation is 1. The van der Waals surface area contributed by atoms with Gasteiger partial charge in [0.2, 0.25) is 5.91 Å². The molecule has 1 aliphatic rings. The highest BCUT2D eigenvalue weighted by Crippen LogP contribution is 2.24. The summed E-state index contributed by atoms with van der Waals surface area (Å²) in [5, 5.41) is 11.1. The lowest BCUT2D eigenvalue weighted by molar-refractivity contribution is -0.134. The van der Waals surface area contributed by atoms with Gasteiger partial charge in [-0.25, -0.2) is 0 Å². The summed E-state index contributed by atoms with van der Waals surface area (Å²) in [6.07, 6.45) is 2.33. The van der Waals surface area contributed by atoms with Crippen LogP contribution in [0.2, 0.25) is 10.0 Å². The summed E-state index contributed by atoms with van der Waals surface area (Å²) in [6, 6.07) is 5.34. The van der Waals surface area contributed by atoms with Crippen LogP contribution < -0.4 is 0 Å². The first-order valence-corrected chi connectivity index (χ1v) is 7.57. The summed E-state index contributed by atoms with van der Waals surface area (Å²) in [5.41, 5.74) is 0.310. The number of benzene rings is 1. The van der Waals surface area contributed by atoms with Gasteiger partial charge in [0.05, 0.1) is 5.60 Å². The molecule has 1 aliphatic heterocycles. The lowest BCUT2D eigenvalue weighted by Gasteiger charge is -2.35. The van der Waals surface area contributed by atoms with Crippen molar-refractivity contribution in [3.05, 3.63) is 33.8 Å². The lowest BCUT2D eigenvalue weighted by atomic mass is 9.93. The van der Waals surface area contributed by atoms with Crippen LogP contribution >= 0.6 is 23.2 Å². The normalized spacial score (nSPS) is 18.1. The zero-order valence-corrected chi connectivity index (χ0v) is 13.0. The molecule has 0 aromatic heterocycles. The molecule has 2 rings (SSSR count). The summed E-state index contributed by atoms with van der Waals surface area (Å²) >= 11 is 11.9. The maximum Gasteiger partial charge on any atom is 0.222 e. The van der Waals surface area contributed by atoms with E-state index in [4.69, 9.17) is 23.2 Å². The van der Waals surface area contributed by atoms with Crippen molar-refractivity contribution in [1.82, 2.24) is 4.90 Å². The van der Waals surface area contributed by atoms with Crippen LogP contribution in [-0.4, -0.2) is 34.6 Å². The molecular formula is C15H19Cl2NO2. The molecule has 0 aliphatic carbocycles. The number of hydrogen-bond acceptors (Lipinski definition) is 2. The van der Waals surface area contributed by atoms with Crippen molar-refractivity contribution in [2.75, 3.05) is 13.1 Å². The fourth-order valence-electron chi connectivity index (χ4n) is 2.36. The van der Waals surface area contributed by atoms with Gasteiger partial charge in [0.25, 0.3) is 0 Å². The third kappa shape index (κ3) is 4.11. The first-order valence-electron chi connectivity index (χ1n) is 6.81. The number of amides is 1. The van der Waals surface area contributed by atoms with E-state index in [9.17, 15) is 9.90 Å². The summed E-state index contributed by atoms with van der Waals surface area (Å²) in [5.74, 6) is 0.117. The second-order valence-electron chi connectivity index (χ2n) is 5.61. The number of carbonyl (C=O) groups is 1. The Kier molecular flexibility index (Phi) is 4.95. The summed E-state index contributed by atoms with van der Waals surface area (Å²) in [4.78, 5) is 14.0. The van der Waals surface area contributed by atoms with Crippen LogP contribution in [0.4, 0.5) is 0 Å². The Bertz CT molecular complexity index is 493. The predicted octanol–water partition coefficient (Wildman–Crippen LogP) is 3.30. The van der Waals surface area contributed by atoms with Gasteiger partial charge < -0.3 is 10.0 Å². The van der Waals surface area contributed by atoms with E-state index in [1.807, 2.05) is 17.9 Å². The van der Waals surface area contributed by atoms with Crippen molar-refractivity contribution in [2.24, 2.45) is 0 Å². The number of nitrogens with zero attached hydrogens (tertiary/aromatic N) is 1. The largest absolute Gasteiger partial charge is 0.390 e. The van der Waals surface area contributed by atoms with Crippen molar-refractivity contribution >= 4 is 29.1 Å². The van der Waals surface area contributed by atoms with Crippen LogP contribution in [0.5, 0.6) is 0 Å². The molecule has 1 aromatic rings. The molecule has 1 fully saturated rings. The molecule has 5 heteroatoms. The van der Waals surface area contributed by atoms with Crippen LogP contribution in [-0.2, 0) is 11.2 Å². The number of hydrogen-bond donors (Lipinski definition) is 1. The number of halogens is 2. The number of piperidine rings is 1. The highest BCUT2D eigenvalue weighted by atomic mass is 35.5. The molecule has 1 heterocycles. The fraction of sp³-hybridized carbons (Fsp3) is 0.533. The monoisotopic (exact) mass is 315 g/mol. The Morgan fingerprint density at radius 3 is 2.60 bits per heavy atom. The zero-order valence-electron chi connectivity index (χ0n) is 11.5. The molecule has 0 atom stereocenters. The smallest absolute Gasteiger partial charge is 0.222 e. The highest BCUT2D eigenvalue weighted by Gasteiger charge is 2.29. The Labute approximate surface area is 129 Å². The quantitative estimate of drug-likeness (QED) is 0.929. The Hall–Kier alpha value is -0.770. The van der Waals surface area contributed by atoms with Gasteiger partial charge in [-0.15, -0.1) is 0 Å². The zero-order chi connectivity index (χ0) is 14.8. The van der Waals surface area contributed by atoms with E-state index in [2.05, 4.69) is 0 Å². The van der Waals surface area contributed by atoms with E-state index in [1.165, 1.54) is 0 Å². The van der Waals surface area contributed by atoms with Crippen LogP contribution in [0.3, 0.4) is 0 Å². The van der Waals surface area contributed by atoms with Crippen LogP contribution in [0.25, 0.3) is 0 Å². The molecule has 0 bridgehead atoms. The van der Waals surface area contributed by atoms with Gasteiger partial charge >= 0.3 is 0 Å². The molecular weight excluding hydrogens is 297 g/mol. The average Bonchev–Trinajstić information content (AvgIpc) is 2.37. The molecule has 0 unspecified atom stereocenters. The fourth-order valence-corrected chi connectivity index (χ4v) is 2.86. The summed E-state index contributed by atoms with van der Waals surface area (Å²) < 4.78 is 0. The molecule has 0 radical (unpaired) electrons. The van der Waals surface area contributed by atoms with Crippen molar-refractivity contribution in [2.45, 2.75) is 38.2 Å². The van der Waals surface area contributed by atoms with Crippen molar-refractivity contribution < 1.29 is 9.90 Å². The molecule has 3 nitrogen and oxygen atoms in total. The molecule has 20 heavy (non-hydrogen) atoms. The van der Waals surface area contributed by atoms with Gasteiger partial charge in [-0.05, 0) is 43.9 Å². The topological polar surface area (TPSA) is 40.5 Å². The van der Waals surface area contributed by atoms with E-state index in [0.717, 1.165) is 5.56 Å². The predicted molar refractivity (Wildman–Crippen MR) is 81.2 cm³/mol. The van der Waals surface area contributed by atoms with Crippen LogP contribution in [0.1, 0.15) is 31.7 Å². The molecule has 1 saturated heterocycles. The first kappa shape index (κ1) is 15.6. The first-order chi connectivity index (χ1) is 9.37. The van der Waals surface area contributed by atoms with E-state index >= 15 is 0 Å². The third-order valence-electron chi connectivity index (χ3n) is 3.82. The minimum absolute atomic E-state index is 0.117. The van der Waals surface area contributed by atoms with Gasteiger partial charge in [-0.2, -0.15) is 0 Å². The summed E-state index contributed by atoms with van der Waals surface area (Å²) in [7, 11) is 0. The second kappa shape index (κ2) is 6.33. The maximum absolute atomic E-state index is 12.1. The molecule has 1 amide bonds. The van der Waals surface area contributed by atoms with Crippen molar-refractivity contribution in [1.29, 1.82) is 0 Å². The van der Waals surface area contributed by atoms with E-state index < -0.39 is 5.60 Å². The number of rotatable bonds is 3. The van der Waals surface area contributed by atoms with E-state index in [0.29, 0.717) is 48.8 Å². The minimum Gasteiger partial charge on any atom is -0.390 e. The number of aliphatic hydroxyl groups is 1. The molecule has 1 aromatic carbocycles. The number of carbonyl (C=O) groups excluding carboxylic acids is 1. The SMILES string of the molecule is CC1(O)CCN(C(=O)CCc2ccc(Cl)cc2Cl)CC1. The van der Waals surface area contributed by atoms with Crippen LogP contribution in [0.15, 0.2) is 18.2 Å². The maximum atomic E-state index is 12.1. The molecule has 0 saturated carbocycles. The molecule has 110 valence electrons. The summed E-state index contributed by atoms with van der Waals surface area (Å²) in [6.45, 7) is 3.07. The van der Waals surface area contributed by atoms with Gasteiger partial charge in [0.15, 0.2) is 0 Å². The van der Waals surface area contributed by atoms with Gasteiger partial charge in [0, 0.05) is 29.6 Å². The molecule has 0 spiro atoms. The second-order valence-corrected chi connectivity index (χ2v) is 6.46. The Balaban J connectivity index is 1.86. The lowest BCUT2D eigenvalue weighted by Crippen LogP contribution is -2.45. The van der Waals surface area contributed by atoms with Gasteiger partial charge in [-0.1, -0.05) is 29.3 Å². The highest BCUT2D eigenvalue weighted by molar-refractivity contribution is 6.35. The van der Waals surface area contributed by atoms with Gasteiger partial charge in [0.1, 0.15) is 0 Å². The van der Waals surface area contributed by atoms with E-state index in [-0.39, 0.29) is 5.91 Å². The van der Waals surface area contributed by atoms with Gasteiger partial charge in [-0.3, -0.25) is 4.79 Å². The third-order valence-corrected chi connectivity index (χ3v) is 4.40. The van der Waals surface area contributed by atoms with E-state index in [1.54, 1.807) is 12.1 Å². The van der Waals surface area contributed by atoms with Crippen LogP contribution in [0, 0.1) is 0 Å². The number of likely N-dealkylation sites (tertiary alicyclic amines) is 1. The minimum atomic E-state index is -0.629. The van der Waals surface area contributed by atoms with Crippen molar-refractivity contribution in [3.8, 4) is 0 Å². The Morgan fingerprint density at radius 2 is 2.00 bits per heavy atom. The Morgan fingerprint density at radius 1 is 1.35 bits per heavy atom.